The molecule has 5 heteroatoms. The lowest BCUT2D eigenvalue weighted by Crippen LogP contribution is -2.41. The molecule has 1 unspecified atom stereocenters. The molecule has 19 heavy (non-hydrogen) atoms. The zero-order valence-corrected chi connectivity index (χ0v) is 10.5. The molecule has 98 valence electrons. The Morgan fingerprint density at radius 2 is 2.26 bits per heavy atom. The minimum atomic E-state index is 0.121. The zero-order chi connectivity index (χ0) is 13.2. The van der Waals surface area contributed by atoms with E-state index in [0.717, 1.165) is 28.6 Å². The number of carbonyl (C=O) groups is 1. The minimum absolute atomic E-state index is 0.121. The molecular formula is C14H16N4O. The van der Waals surface area contributed by atoms with Crippen LogP contribution in [0.5, 0.6) is 0 Å². The summed E-state index contributed by atoms with van der Waals surface area (Å²) in [5.41, 5.74) is 7.84. The Balaban J connectivity index is 1.85. The summed E-state index contributed by atoms with van der Waals surface area (Å²) < 4.78 is 0. The van der Waals surface area contributed by atoms with Crippen molar-refractivity contribution in [3.8, 4) is 0 Å². The molecule has 0 bridgehead atoms. The summed E-state index contributed by atoms with van der Waals surface area (Å²) in [6, 6.07) is 6.12. The number of fused-ring (bicyclic) bond motifs is 1. The first kappa shape index (κ1) is 11.8. The van der Waals surface area contributed by atoms with Crippen LogP contribution in [0, 0.1) is 0 Å². The summed E-state index contributed by atoms with van der Waals surface area (Å²) in [6.45, 7) is 0.645. The number of nitrogens with zero attached hydrogens (tertiary/aromatic N) is 1. The lowest BCUT2D eigenvalue weighted by Gasteiger charge is -2.25. The van der Waals surface area contributed by atoms with Crippen LogP contribution in [0.3, 0.4) is 0 Å². The van der Waals surface area contributed by atoms with Gasteiger partial charge in [0.2, 0.25) is 5.91 Å². The van der Waals surface area contributed by atoms with E-state index in [1.54, 1.807) is 12.4 Å². The highest BCUT2D eigenvalue weighted by molar-refractivity contribution is 5.98. The van der Waals surface area contributed by atoms with Gasteiger partial charge in [0.15, 0.2) is 0 Å². The van der Waals surface area contributed by atoms with Gasteiger partial charge in [0.25, 0.3) is 0 Å². The van der Waals surface area contributed by atoms with Crippen molar-refractivity contribution in [2.24, 2.45) is 0 Å². The first-order valence-electron chi connectivity index (χ1n) is 6.39. The zero-order valence-electron chi connectivity index (χ0n) is 10.5. The Morgan fingerprint density at radius 3 is 3.05 bits per heavy atom. The average Bonchev–Trinajstić information content (AvgIpc) is 2.45. The molecule has 1 aromatic carbocycles. The van der Waals surface area contributed by atoms with Crippen molar-refractivity contribution in [1.29, 1.82) is 0 Å². The van der Waals surface area contributed by atoms with Crippen LogP contribution in [0.1, 0.15) is 12.8 Å². The monoisotopic (exact) mass is 256 g/mol. The lowest BCUT2D eigenvalue weighted by atomic mass is 10.1. The largest absolute Gasteiger partial charge is 0.397 e. The molecule has 0 spiro atoms. The maximum absolute atomic E-state index is 11.1. The number of carbonyl (C=O) groups excluding carboxylic acids is 1. The Hall–Kier alpha value is -2.30. The van der Waals surface area contributed by atoms with Gasteiger partial charge >= 0.3 is 0 Å². The Bertz CT molecular complexity index is 616. The standard InChI is InChI=1S/C14H16N4O/c15-14-11-5-6-16-7-9(11)1-3-12(14)18-10-2-4-13(19)17-8-10/h1,3,5-7,10,18H,2,4,8,15H2,(H,17,19). The molecule has 2 heterocycles. The van der Waals surface area contributed by atoms with Gasteiger partial charge in [-0.3, -0.25) is 9.78 Å². The van der Waals surface area contributed by atoms with Gasteiger partial charge in [-0.25, -0.2) is 0 Å². The highest BCUT2D eigenvalue weighted by atomic mass is 16.1. The Labute approximate surface area is 111 Å². The molecule has 1 fully saturated rings. The molecule has 5 nitrogen and oxygen atoms in total. The normalized spacial score (nSPS) is 19.2. The third-order valence-corrected chi connectivity index (χ3v) is 3.49. The molecule has 1 aliphatic rings. The van der Waals surface area contributed by atoms with E-state index in [9.17, 15) is 4.79 Å². The Morgan fingerprint density at radius 1 is 1.37 bits per heavy atom. The number of nitrogens with one attached hydrogen (secondary N) is 2. The van der Waals surface area contributed by atoms with Crippen LogP contribution in [-0.2, 0) is 4.79 Å². The summed E-state index contributed by atoms with van der Waals surface area (Å²) in [5.74, 6) is 0.121. The van der Waals surface area contributed by atoms with Crippen LogP contribution >= 0.6 is 0 Å². The first-order valence-corrected chi connectivity index (χ1v) is 6.39. The third kappa shape index (κ3) is 2.31. The maximum atomic E-state index is 11.1. The number of pyridine rings is 1. The second-order valence-electron chi connectivity index (χ2n) is 4.81. The van der Waals surface area contributed by atoms with Crippen LogP contribution in [0.25, 0.3) is 10.8 Å². The van der Waals surface area contributed by atoms with Gasteiger partial charge in [-0.1, -0.05) is 6.07 Å². The fourth-order valence-electron chi connectivity index (χ4n) is 2.39. The quantitative estimate of drug-likeness (QED) is 0.711. The number of nitrogen functional groups attached to an aromatic ring is 1. The van der Waals surface area contributed by atoms with E-state index in [0.29, 0.717) is 13.0 Å². The highest BCUT2D eigenvalue weighted by Gasteiger charge is 2.18. The van der Waals surface area contributed by atoms with E-state index in [-0.39, 0.29) is 11.9 Å². The van der Waals surface area contributed by atoms with Gasteiger partial charge in [-0.15, -0.1) is 0 Å². The predicted molar refractivity (Wildman–Crippen MR) is 75.8 cm³/mol. The summed E-state index contributed by atoms with van der Waals surface area (Å²) in [6.07, 6.45) is 4.94. The van der Waals surface area contributed by atoms with E-state index < -0.39 is 0 Å². The van der Waals surface area contributed by atoms with Gasteiger partial charge < -0.3 is 16.4 Å². The number of amides is 1. The smallest absolute Gasteiger partial charge is 0.220 e. The van der Waals surface area contributed by atoms with Crippen molar-refractivity contribution >= 4 is 28.1 Å². The van der Waals surface area contributed by atoms with Crippen LogP contribution in [0.4, 0.5) is 11.4 Å². The number of nitrogens with two attached hydrogens (primary N) is 1. The van der Waals surface area contributed by atoms with Crippen molar-refractivity contribution < 1.29 is 4.79 Å². The molecule has 1 amide bonds. The molecule has 0 saturated carbocycles. The predicted octanol–water partition coefficient (Wildman–Crippen LogP) is 1.51. The van der Waals surface area contributed by atoms with Gasteiger partial charge in [0.05, 0.1) is 11.4 Å². The Kier molecular flexibility index (Phi) is 2.95. The molecule has 1 aliphatic heterocycles. The van der Waals surface area contributed by atoms with E-state index in [4.69, 9.17) is 5.73 Å². The van der Waals surface area contributed by atoms with Gasteiger partial charge in [0, 0.05) is 42.2 Å². The second-order valence-corrected chi connectivity index (χ2v) is 4.81. The van der Waals surface area contributed by atoms with E-state index in [1.807, 2.05) is 18.2 Å². The SMILES string of the molecule is Nc1c(NC2CCC(=O)NC2)ccc2cnccc12. The van der Waals surface area contributed by atoms with Crippen molar-refractivity contribution in [3.63, 3.8) is 0 Å². The van der Waals surface area contributed by atoms with Crippen molar-refractivity contribution in [2.75, 3.05) is 17.6 Å². The summed E-state index contributed by atoms with van der Waals surface area (Å²) in [5, 5.41) is 8.29. The molecular weight excluding hydrogens is 240 g/mol. The maximum Gasteiger partial charge on any atom is 0.220 e. The number of hydrogen-bond acceptors (Lipinski definition) is 4. The molecule has 1 aromatic heterocycles. The third-order valence-electron chi connectivity index (χ3n) is 3.49. The first-order chi connectivity index (χ1) is 9.24. The molecule has 2 aromatic rings. The van der Waals surface area contributed by atoms with Crippen molar-refractivity contribution in [1.82, 2.24) is 10.3 Å². The van der Waals surface area contributed by atoms with Crippen molar-refractivity contribution in [3.05, 3.63) is 30.6 Å². The number of hydrogen-bond donors (Lipinski definition) is 3. The number of benzene rings is 1. The fraction of sp³-hybridized carbons (Fsp3) is 0.286. The molecule has 3 rings (SSSR count). The molecule has 1 saturated heterocycles. The number of aromatic nitrogens is 1. The van der Waals surface area contributed by atoms with Crippen LogP contribution < -0.4 is 16.4 Å². The van der Waals surface area contributed by atoms with E-state index in [2.05, 4.69) is 15.6 Å². The van der Waals surface area contributed by atoms with E-state index >= 15 is 0 Å². The van der Waals surface area contributed by atoms with Crippen LogP contribution in [0.15, 0.2) is 30.6 Å². The molecule has 1 atom stereocenters. The summed E-state index contributed by atoms with van der Waals surface area (Å²) >= 11 is 0. The molecule has 0 aliphatic carbocycles. The summed E-state index contributed by atoms with van der Waals surface area (Å²) in [4.78, 5) is 15.2. The van der Waals surface area contributed by atoms with Gasteiger partial charge in [-0.2, -0.15) is 0 Å². The second kappa shape index (κ2) is 4.76. The van der Waals surface area contributed by atoms with Crippen LogP contribution in [-0.4, -0.2) is 23.5 Å². The van der Waals surface area contributed by atoms with Crippen molar-refractivity contribution in [2.45, 2.75) is 18.9 Å². The van der Waals surface area contributed by atoms with E-state index in [1.165, 1.54) is 0 Å². The fourth-order valence-corrected chi connectivity index (χ4v) is 2.39. The number of anilines is 2. The lowest BCUT2D eigenvalue weighted by molar-refractivity contribution is -0.122. The molecule has 0 radical (unpaired) electrons. The summed E-state index contributed by atoms with van der Waals surface area (Å²) in [7, 11) is 0. The van der Waals surface area contributed by atoms with Gasteiger partial charge in [0.1, 0.15) is 0 Å². The van der Waals surface area contributed by atoms with Gasteiger partial charge in [-0.05, 0) is 18.6 Å². The minimum Gasteiger partial charge on any atom is -0.397 e. The highest BCUT2D eigenvalue weighted by Crippen LogP contribution is 2.29. The number of piperidine rings is 1. The topological polar surface area (TPSA) is 80.0 Å². The average molecular weight is 256 g/mol. The van der Waals surface area contributed by atoms with Crippen LogP contribution in [0.2, 0.25) is 0 Å². The molecule has 4 N–H and O–H groups in total. The number of rotatable bonds is 2.